The number of carbonyl (C=O) groups is 1. The number of nitrogens with two attached hydrogens (primary N) is 1. The molecule has 0 spiro atoms. The second-order valence-electron chi connectivity index (χ2n) is 6.96. The minimum Gasteiger partial charge on any atom is -0.380 e. The van der Waals surface area contributed by atoms with Crippen LogP contribution in [0.25, 0.3) is 6.08 Å². The highest BCUT2D eigenvalue weighted by Crippen LogP contribution is 2.22. The molecule has 0 aliphatic heterocycles. The molecular formula is C19H23ClN4O2. The van der Waals surface area contributed by atoms with Gasteiger partial charge in [0.1, 0.15) is 5.15 Å². The van der Waals surface area contributed by atoms with Crippen LogP contribution in [0.2, 0.25) is 5.15 Å². The van der Waals surface area contributed by atoms with Crippen molar-refractivity contribution in [3.63, 3.8) is 0 Å². The molecule has 0 fully saturated rings. The largest absolute Gasteiger partial charge is 0.380 e. The Hall–Kier alpha value is -2.60. The molecule has 0 unspecified atom stereocenters. The zero-order valence-corrected chi connectivity index (χ0v) is 16.3. The summed E-state index contributed by atoms with van der Waals surface area (Å²) in [4.78, 5) is 16.7. The van der Waals surface area contributed by atoms with Crippen LogP contribution in [-0.2, 0) is 22.1 Å². The van der Waals surface area contributed by atoms with Crippen LogP contribution < -0.4 is 5.73 Å². The molecule has 0 saturated carbocycles. The molecule has 2 rings (SSSR count). The lowest BCUT2D eigenvalue weighted by molar-refractivity contribution is -0.137. The molecule has 0 atom stereocenters. The van der Waals surface area contributed by atoms with Crippen LogP contribution in [-0.4, -0.2) is 21.6 Å². The van der Waals surface area contributed by atoms with Gasteiger partial charge in [0.05, 0.1) is 5.69 Å². The SMILES string of the molecule is Cc1nn(C)c(Cl)c1C=CC(=O)ON=C(N)c1ccc(C(C)(C)C)cc1. The van der Waals surface area contributed by atoms with Crippen molar-refractivity contribution in [3.8, 4) is 0 Å². The van der Waals surface area contributed by atoms with Gasteiger partial charge in [-0.1, -0.05) is 61.8 Å². The van der Waals surface area contributed by atoms with E-state index in [1.165, 1.54) is 22.4 Å². The van der Waals surface area contributed by atoms with Crippen molar-refractivity contribution in [3.05, 3.63) is 57.9 Å². The molecule has 2 N–H and O–H groups in total. The molecule has 138 valence electrons. The highest BCUT2D eigenvalue weighted by Gasteiger charge is 2.13. The Labute approximate surface area is 158 Å². The van der Waals surface area contributed by atoms with Crippen molar-refractivity contribution < 1.29 is 9.63 Å². The number of nitrogens with zero attached hydrogens (tertiary/aromatic N) is 3. The first-order valence-electron chi connectivity index (χ1n) is 8.12. The lowest BCUT2D eigenvalue weighted by atomic mass is 9.87. The third kappa shape index (κ3) is 4.73. The van der Waals surface area contributed by atoms with Gasteiger partial charge in [-0.25, -0.2) is 4.79 Å². The smallest absolute Gasteiger partial charge is 0.358 e. The Morgan fingerprint density at radius 3 is 2.42 bits per heavy atom. The quantitative estimate of drug-likeness (QED) is 0.291. The molecule has 6 nitrogen and oxygen atoms in total. The van der Waals surface area contributed by atoms with Crippen LogP contribution in [0.5, 0.6) is 0 Å². The Kier molecular flexibility index (Phi) is 5.87. The minimum absolute atomic E-state index is 0.0490. The van der Waals surface area contributed by atoms with Crippen molar-refractivity contribution >= 4 is 29.5 Å². The van der Waals surface area contributed by atoms with Gasteiger partial charge < -0.3 is 10.6 Å². The van der Waals surface area contributed by atoms with E-state index in [2.05, 4.69) is 31.0 Å². The fraction of sp³-hybridized carbons (Fsp3) is 0.316. The van der Waals surface area contributed by atoms with Crippen LogP contribution in [0.3, 0.4) is 0 Å². The summed E-state index contributed by atoms with van der Waals surface area (Å²) in [7, 11) is 1.72. The zero-order valence-electron chi connectivity index (χ0n) is 15.6. The normalized spacial score (nSPS) is 12.6. The summed E-state index contributed by atoms with van der Waals surface area (Å²) in [5.41, 5.74) is 9.15. The summed E-state index contributed by atoms with van der Waals surface area (Å²) in [6.45, 7) is 8.19. The van der Waals surface area contributed by atoms with Gasteiger partial charge in [-0.2, -0.15) is 5.10 Å². The number of amidine groups is 1. The molecule has 2 aromatic rings. The van der Waals surface area contributed by atoms with Gasteiger partial charge in [-0.05, 0) is 24.0 Å². The third-order valence-electron chi connectivity index (χ3n) is 3.86. The van der Waals surface area contributed by atoms with Crippen molar-refractivity contribution in [2.45, 2.75) is 33.1 Å². The van der Waals surface area contributed by atoms with Crippen molar-refractivity contribution in [1.82, 2.24) is 9.78 Å². The first-order chi connectivity index (χ1) is 12.1. The van der Waals surface area contributed by atoms with E-state index in [-0.39, 0.29) is 11.3 Å². The molecule has 0 saturated heterocycles. The molecule has 0 aliphatic rings. The summed E-state index contributed by atoms with van der Waals surface area (Å²) in [6.07, 6.45) is 2.77. The lowest BCUT2D eigenvalue weighted by Crippen LogP contribution is -2.16. The van der Waals surface area contributed by atoms with Gasteiger partial charge in [0.25, 0.3) is 0 Å². The van der Waals surface area contributed by atoms with E-state index >= 15 is 0 Å². The third-order valence-corrected chi connectivity index (χ3v) is 4.31. The summed E-state index contributed by atoms with van der Waals surface area (Å²) in [6, 6.07) is 7.66. The van der Waals surface area contributed by atoms with Crippen LogP contribution >= 0.6 is 11.6 Å². The van der Waals surface area contributed by atoms with Crippen LogP contribution in [0.1, 0.15) is 43.2 Å². The van der Waals surface area contributed by atoms with Crippen LogP contribution in [0, 0.1) is 6.92 Å². The molecule has 0 aliphatic carbocycles. The van der Waals surface area contributed by atoms with E-state index in [1.807, 2.05) is 24.3 Å². The van der Waals surface area contributed by atoms with E-state index < -0.39 is 5.97 Å². The summed E-state index contributed by atoms with van der Waals surface area (Å²) < 4.78 is 1.53. The van der Waals surface area contributed by atoms with Gasteiger partial charge >= 0.3 is 5.97 Å². The van der Waals surface area contributed by atoms with E-state index in [0.717, 1.165) is 0 Å². The van der Waals surface area contributed by atoms with Gasteiger partial charge in [-0.3, -0.25) is 4.68 Å². The number of aryl methyl sites for hydroxylation is 2. The maximum atomic E-state index is 11.8. The predicted octanol–water partition coefficient (Wildman–Crippen LogP) is 3.56. The Morgan fingerprint density at radius 1 is 1.31 bits per heavy atom. The van der Waals surface area contributed by atoms with Crippen LogP contribution in [0.4, 0.5) is 0 Å². The molecular weight excluding hydrogens is 352 g/mol. The average Bonchev–Trinajstić information content (AvgIpc) is 2.82. The highest BCUT2D eigenvalue weighted by molar-refractivity contribution is 6.31. The maximum Gasteiger partial charge on any atom is 0.358 e. The summed E-state index contributed by atoms with van der Waals surface area (Å²) in [5.74, 6) is -0.526. The first kappa shape index (κ1) is 19.7. The van der Waals surface area contributed by atoms with E-state index in [4.69, 9.17) is 22.2 Å². The van der Waals surface area contributed by atoms with Crippen LogP contribution in [0.15, 0.2) is 35.5 Å². The molecule has 26 heavy (non-hydrogen) atoms. The van der Waals surface area contributed by atoms with Gasteiger partial charge in [0.15, 0.2) is 5.84 Å². The molecule has 1 heterocycles. The zero-order chi connectivity index (χ0) is 19.5. The number of aromatic nitrogens is 2. The van der Waals surface area contributed by atoms with Crippen molar-refractivity contribution in [2.75, 3.05) is 0 Å². The lowest BCUT2D eigenvalue weighted by Gasteiger charge is -2.18. The van der Waals surface area contributed by atoms with Gasteiger partial charge in [-0.15, -0.1) is 0 Å². The standard InChI is InChI=1S/C19H23ClN4O2/c1-12-15(17(20)24(5)22-12)10-11-16(25)26-23-18(21)13-6-8-14(9-7-13)19(2,3)4/h6-11H,1-5H3,(H2,21,23). The van der Waals surface area contributed by atoms with Crippen molar-refractivity contribution in [1.29, 1.82) is 0 Å². The number of rotatable bonds is 4. The molecule has 0 amide bonds. The van der Waals surface area contributed by atoms with Gasteiger partial charge in [0.2, 0.25) is 0 Å². The Morgan fingerprint density at radius 2 is 1.92 bits per heavy atom. The first-order valence-corrected chi connectivity index (χ1v) is 8.50. The molecule has 0 radical (unpaired) electrons. The predicted molar refractivity (Wildman–Crippen MR) is 104 cm³/mol. The highest BCUT2D eigenvalue weighted by atomic mass is 35.5. The number of oxime groups is 1. The molecule has 1 aromatic carbocycles. The summed E-state index contributed by atoms with van der Waals surface area (Å²) in [5, 5.41) is 8.29. The number of hydrogen-bond donors (Lipinski definition) is 1. The number of benzene rings is 1. The van der Waals surface area contributed by atoms with E-state index in [0.29, 0.717) is 22.0 Å². The Bertz CT molecular complexity index is 859. The van der Waals surface area contributed by atoms with E-state index in [9.17, 15) is 4.79 Å². The fourth-order valence-corrected chi connectivity index (χ4v) is 2.54. The number of carbonyl (C=O) groups excluding carboxylic acids is 1. The molecule has 7 heteroatoms. The average molecular weight is 375 g/mol. The minimum atomic E-state index is -0.654. The molecule has 0 bridgehead atoms. The second kappa shape index (κ2) is 7.74. The van der Waals surface area contributed by atoms with Gasteiger partial charge in [0, 0.05) is 24.3 Å². The number of hydrogen-bond acceptors (Lipinski definition) is 4. The number of halogens is 1. The Balaban J connectivity index is 2.04. The monoisotopic (exact) mass is 374 g/mol. The second-order valence-corrected chi connectivity index (χ2v) is 7.32. The molecule has 1 aromatic heterocycles. The fourth-order valence-electron chi connectivity index (χ4n) is 2.31. The van der Waals surface area contributed by atoms with E-state index in [1.54, 1.807) is 14.0 Å². The summed E-state index contributed by atoms with van der Waals surface area (Å²) >= 11 is 6.10. The van der Waals surface area contributed by atoms with Crippen molar-refractivity contribution in [2.24, 2.45) is 17.9 Å². The maximum absolute atomic E-state index is 11.8. The topological polar surface area (TPSA) is 82.5 Å².